The summed E-state index contributed by atoms with van der Waals surface area (Å²) in [6, 6.07) is 6.95. The summed E-state index contributed by atoms with van der Waals surface area (Å²) in [7, 11) is 0. The lowest BCUT2D eigenvalue weighted by molar-refractivity contribution is -0.123. The predicted molar refractivity (Wildman–Crippen MR) is 93.6 cm³/mol. The van der Waals surface area contributed by atoms with Gasteiger partial charge < -0.3 is 16.0 Å². The van der Waals surface area contributed by atoms with Gasteiger partial charge in [-0.25, -0.2) is 0 Å². The lowest BCUT2D eigenvalue weighted by atomic mass is 9.82. The van der Waals surface area contributed by atoms with Crippen molar-refractivity contribution < 1.29 is 4.79 Å². The fraction of sp³-hybridized carbons (Fsp3) is 0.632. The number of carbonyl (C=O) groups is 1. The van der Waals surface area contributed by atoms with Crippen molar-refractivity contribution in [1.29, 1.82) is 0 Å². The van der Waals surface area contributed by atoms with E-state index in [9.17, 15) is 4.79 Å². The molecular formula is C19H29N3O. The summed E-state index contributed by atoms with van der Waals surface area (Å²) in [5, 5.41) is 10.0. The fourth-order valence-electron chi connectivity index (χ4n) is 3.53. The first-order chi connectivity index (χ1) is 10.9. The maximum absolute atomic E-state index is 12.7. The number of hydrogen-bond donors (Lipinski definition) is 3. The van der Waals surface area contributed by atoms with E-state index < -0.39 is 0 Å². The summed E-state index contributed by atoms with van der Waals surface area (Å²) < 4.78 is 0. The Morgan fingerprint density at radius 2 is 1.91 bits per heavy atom. The number of fused-ring (bicyclic) bond motifs is 1. The lowest BCUT2D eigenvalue weighted by Gasteiger charge is -2.30. The Kier molecular flexibility index (Phi) is 4.74. The van der Waals surface area contributed by atoms with Gasteiger partial charge in [0.25, 0.3) is 0 Å². The molecule has 0 bridgehead atoms. The molecule has 0 saturated carbocycles. The molecule has 2 aliphatic rings. The van der Waals surface area contributed by atoms with Crippen molar-refractivity contribution in [2.24, 2.45) is 0 Å². The zero-order valence-corrected chi connectivity index (χ0v) is 14.5. The van der Waals surface area contributed by atoms with Crippen molar-refractivity contribution in [3.8, 4) is 0 Å². The first-order valence-corrected chi connectivity index (χ1v) is 8.80. The first-order valence-electron chi connectivity index (χ1n) is 8.80. The topological polar surface area (TPSA) is 53.2 Å². The molecule has 3 rings (SSSR count). The zero-order chi connectivity index (χ0) is 16.4. The standard InChI is InChI=1S/C19H29N3O/c1-19(2,3)14-4-5-16-13(10-14)11-21-12-17(16)18(23)22-15-6-8-20-9-7-15/h4-5,10,15,17,20-21H,6-9,11-12H2,1-3H3,(H,22,23). The Hall–Kier alpha value is -1.39. The van der Waals surface area contributed by atoms with E-state index in [-0.39, 0.29) is 17.2 Å². The molecule has 1 saturated heterocycles. The van der Waals surface area contributed by atoms with Crippen LogP contribution in [0.3, 0.4) is 0 Å². The molecule has 0 radical (unpaired) electrons. The van der Waals surface area contributed by atoms with Crippen LogP contribution in [0.15, 0.2) is 18.2 Å². The van der Waals surface area contributed by atoms with E-state index in [1.54, 1.807) is 0 Å². The van der Waals surface area contributed by atoms with Crippen molar-refractivity contribution in [3.05, 3.63) is 34.9 Å². The molecule has 3 N–H and O–H groups in total. The van der Waals surface area contributed by atoms with Crippen LogP contribution < -0.4 is 16.0 Å². The van der Waals surface area contributed by atoms with Gasteiger partial charge in [0.05, 0.1) is 5.92 Å². The van der Waals surface area contributed by atoms with E-state index in [0.29, 0.717) is 6.04 Å². The Morgan fingerprint density at radius 1 is 1.17 bits per heavy atom. The third-order valence-corrected chi connectivity index (χ3v) is 5.05. The number of piperidine rings is 1. The summed E-state index contributed by atoms with van der Waals surface area (Å²) in [6.07, 6.45) is 2.06. The molecule has 4 heteroatoms. The van der Waals surface area contributed by atoms with Crippen LogP contribution in [-0.4, -0.2) is 31.6 Å². The summed E-state index contributed by atoms with van der Waals surface area (Å²) in [4.78, 5) is 12.7. The van der Waals surface area contributed by atoms with E-state index in [2.05, 4.69) is 54.9 Å². The van der Waals surface area contributed by atoms with Crippen molar-refractivity contribution in [2.75, 3.05) is 19.6 Å². The minimum absolute atomic E-state index is 0.0670. The van der Waals surface area contributed by atoms with Gasteiger partial charge in [-0.05, 0) is 48.0 Å². The molecule has 4 nitrogen and oxygen atoms in total. The molecule has 1 aromatic rings. The van der Waals surface area contributed by atoms with E-state index in [1.165, 1.54) is 16.7 Å². The first kappa shape index (κ1) is 16.5. The van der Waals surface area contributed by atoms with Gasteiger partial charge in [0.1, 0.15) is 0 Å². The summed E-state index contributed by atoms with van der Waals surface area (Å²) in [5.41, 5.74) is 3.94. The van der Waals surface area contributed by atoms with Crippen LogP contribution in [0.5, 0.6) is 0 Å². The van der Waals surface area contributed by atoms with E-state index >= 15 is 0 Å². The second-order valence-electron chi connectivity index (χ2n) is 7.88. The molecule has 2 aliphatic heterocycles. The normalized spacial score (nSPS) is 22.5. The van der Waals surface area contributed by atoms with Crippen LogP contribution in [0.1, 0.15) is 56.2 Å². The number of benzene rings is 1. The van der Waals surface area contributed by atoms with Crippen molar-refractivity contribution in [1.82, 2.24) is 16.0 Å². The van der Waals surface area contributed by atoms with E-state index in [4.69, 9.17) is 0 Å². The Morgan fingerprint density at radius 3 is 2.61 bits per heavy atom. The summed E-state index contributed by atoms with van der Waals surface area (Å²) >= 11 is 0. The highest BCUT2D eigenvalue weighted by Crippen LogP contribution is 2.30. The molecule has 126 valence electrons. The van der Waals surface area contributed by atoms with Crippen LogP contribution in [-0.2, 0) is 16.8 Å². The Bertz CT molecular complexity index is 570. The number of hydrogen-bond acceptors (Lipinski definition) is 3. The van der Waals surface area contributed by atoms with Gasteiger partial charge in [0.15, 0.2) is 0 Å². The molecule has 0 aliphatic carbocycles. The van der Waals surface area contributed by atoms with Crippen molar-refractivity contribution in [2.45, 2.75) is 57.5 Å². The smallest absolute Gasteiger partial charge is 0.229 e. The van der Waals surface area contributed by atoms with Crippen LogP contribution in [0.4, 0.5) is 0 Å². The maximum Gasteiger partial charge on any atom is 0.229 e. The van der Waals surface area contributed by atoms with Gasteiger partial charge in [-0.15, -0.1) is 0 Å². The monoisotopic (exact) mass is 315 g/mol. The SMILES string of the molecule is CC(C)(C)c1ccc2c(c1)CNCC2C(=O)NC1CCNCC1. The van der Waals surface area contributed by atoms with Gasteiger partial charge in [0, 0.05) is 19.1 Å². The van der Waals surface area contributed by atoms with Crippen molar-refractivity contribution >= 4 is 5.91 Å². The Balaban J connectivity index is 1.76. The molecule has 1 amide bonds. The predicted octanol–water partition coefficient (Wildman–Crippen LogP) is 2.04. The molecule has 1 unspecified atom stereocenters. The van der Waals surface area contributed by atoms with Crippen LogP contribution in [0, 0.1) is 0 Å². The van der Waals surface area contributed by atoms with E-state index in [1.807, 2.05) is 0 Å². The third kappa shape index (κ3) is 3.75. The molecule has 23 heavy (non-hydrogen) atoms. The van der Waals surface area contributed by atoms with E-state index in [0.717, 1.165) is 39.0 Å². The molecule has 0 spiro atoms. The molecule has 1 atom stereocenters. The summed E-state index contributed by atoms with van der Waals surface area (Å²) in [5.74, 6) is 0.108. The number of nitrogens with one attached hydrogen (secondary N) is 3. The average molecular weight is 315 g/mol. The fourth-order valence-corrected chi connectivity index (χ4v) is 3.53. The highest BCUT2D eigenvalue weighted by Gasteiger charge is 2.29. The minimum atomic E-state index is -0.0670. The molecular weight excluding hydrogens is 286 g/mol. The van der Waals surface area contributed by atoms with Gasteiger partial charge in [-0.1, -0.05) is 39.0 Å². The number of rotatable bonds is 2. The minimum Gasteiger partial charge on any atom is -0.353 e. The average Bonchev–Trinajstić information content (AvgIpc) is 2.54. The molecule has 1 aromatic carbocycles. The van der Waals surface area contributed by atoms with Gasteiger partial charge in [0.2, 0.25) is 5.91 Å². The van der Waals surface area contributed by atoms with Crippen LogP contribution in [0.2, 0.25) is 0 Å². The Labute approximate surface area is 139 Å². The van der Waals surface area contributed by atoms with Gasteiger partial charge in [-0.2, -0.15) is 0 Å². The van der Waals surface area contributed by atoms with Gasteiger partial charge >= 0.3 is 0 Å². The largest absolute Gasteiger partial charge is 0.353 e. The quantitative estimate of drug-likeness (QED) is 0.783. The molecule has 0 aromatic heterocycles. The second-order valence-corrected chi connectivity index (χ2v) is 7.88. The molecule has 2 heterocycles. The van der Waals surface area contributed by atoms with Crippen LogP contribution >= 0.6 is 0 Å². The number of amides is 1. The van der Waals surface area contributed by atoms with Crippen molar-refractivity contribution in [3.63, 3.8) is 0 Å². The van der Waals surface area contributed by atoms with Gasteiger partial charge in [-0.3, -0.25) is 4.79 Å². The lowest BCUT2D eigenvalue weighted by Crippen LogP contribution is -2.46. The zero-order valence-electron chi connectivity index (χ0n) is 14.5. The maximum atomic E-state index is 12.7. The summed E-state index contributed by atoms with van der Waals surface area (Å²) in [6.45, 7) is 10.3. The number of carbonyl (C=O) groups excluding carboxylic acids is 1. The van der Waals surface area contributed by atoms with Crippen LogP contribution in [0.25, 0.3) is 0 Å². The highest BCUT2D eigenvalue weighted by molar-refractivity contribution is 5.85. The molecule has 1 fully saturated rings. The highest BCUT2D eigenvalue weighted by atomic mass is 16.2. The third-order valence-electron chi connectivity index (χ3n) is 5.05. The second kappa shape index (κ2) is 6.62.